The van der Waals surface area contributed by atoms with Crippen LogP contribution in [0.1, 0.15) is 36.4 Å². The molecular formula is C20H24Cl2N2O. The minimum atomic E-state index is -0.141. The molecule has 3 rings (SSSR count). The van der Waals surface area contributed by atoms with Gasteiger partial charge >= 0.3 is 0 Å². The van der Waals surface area contributed by atoms with Crippen molar-refractivity contribution in [3.05, 3.63) is 70.7 Å². The number of halogens is 2. The van der Waals surface area contributed by atoms with Gasteiger partial charge in [-0.1, -0.05) is 54.1 Å². The Balaban J connectivity index is 0.00000225. The maximum atomic E-state index is 12.5. The van der Waals surface area contributed by atoms with Crippen LogP contribution in [0.3, 0.4) is 0 Å². The molecule has 3 nitrogen and oxygen atoms in total. The van der Waals surface area contributed by atoms with Gasteiger partial charge in [0.05, 0.1) is 6.04 Å². The molecule has 0 aromatic heterocycles. The summed E-state index contributed by atoms with van der Waals surface area (Å²) in [7, 11) is 0. The van der Waals surface area contributed by atoms with E-state index in [4.69, 9.17) is 11.6 Å². The summed E-state index contributed by atoms with van der Waals surface area (Å²) in [4.78, 5) is 12.5. The van der Waals surface area contributed by atoms with Crippen molar-refractivity contribution in [2.45, 2.75) is 25.3 Å². The van der Waals surface area contributed by atoms with Crippen LogP contribution in [0.5, 0.6) is 0 Å². The SMILES string of the molecule is Cl.O=C(CCC1CCNC1)NC(c1ccccc1)c1ccc(Cl)cc1. The van der Waals surface area contributed by atoms with Crippen molar-refractivity contribution < 1.29 is 4.79 Å². The first-order valence-electron chi connectivity index (χ1n) is 8.53. The maximum absolute atomic E-state index is 12.5. The zero-order valence-corrected chi connectivity index (χ0v) is 15.7. The number of carbonyl (C=O) groups excluding carboxylic acids is 1. The highest BCUT2D eigenvalue weighted by Gasteiger charge is 2.19. The molecule has 0 aliphatic carbocycles. The molecule has 2 aromatic rings. The highest BCUT2D eigenvalue weighted by atomic mass is 35.5. The summed E-state index contributed by atoms with van der Waals surface area (Å²) >= 11 is 6.00. The second-order valence-electron chi connectivity index (χ2n) is 6.36. The molecule has 0 radical (unpaired) electrons. The van der Waals surface area contributed by atoms with Crippen LogP contribution >= 0.6 is 24.0 Å². The van der Waals surface area contributed by atoms with Crippen molar-refractivity contribution in [3.63, 3.8) is 0 Å². The molecule has 2 unspecified atom stereocenters. The molecule has 1 saturated heterocycles. The van der Waals surface area contributed by atoms with E-state index in [9.17, 15) is 4.79 Å². The Morgan fingerprint density at radius 1 is 1.12 bits per heavy atom. The second kappa shape index (κ2) is 9.81. The fourth-order valence-electron chi connectivity index (χ4n) is 3.19. The summed E-state index contributed by atoms with van der Waals surface area (Å²) in [6.07, 6.45) is 2.69. The number of hydrogen-bond donors (Lipinski definition) is 2. The number of carbonyl (C=O) groups is 1. The smallest absolute Gasteiger partial charge is 0.220 e. The zero-order chi connectivity index (χ0) is 16.8. The lowest BCUT2D eigenvalue weighted by atomic mass is 9.97. The van der Waals surface area contributed by atoms with Gasteiger partial charge in [-0.25, -0.2) is 0 Å². The number of hydrogen-bond acceptors (Lipinski definition) is 2. The molecule has 25 heavy (non-hydrogen) atoms. The fraction of sp³-hybridized carbons (Fsp3) is 0.350. The summed E-state index contributed by atoms with van der Waals surface area (Å²) in [5, 5.41) is 7.24. The van der Waals surface area contributed by atoms with Crippen LogP contribution in [0.15, 0.2) is 54.6 Å². The van der Waals surface area contributed by atoms with E-state index in [2.05, 4.69) is 10.6 Å². The van der Waals surface area contributed by atoms with Gasteiger partial charge in [0.15, 0.2) is 0 Å². The minimum absolute atomic E-state index is 0. The fourth-order valence-corrected chi connectivity index (χ4v) is 3.32. The van der Waals surface area contributed by atoms with Gasteiger partial charge in [0, 0.05) is 11.4 Å². The average Bonchev–Trinajstić information content (AvgIpc) is 3.13. The standard InChI is InChI=1S/C20H23ClN2O.ClH/c21-18-9-7-17(8-10-18)20(16-4-2-1-3-5-16)23-19(24)11-6-15-12-13-22-14-15;/h1-5,7-10,15,20,22H,6,11-14H2,(H,23,24);1H. The summed E-state index contributed by atoms with van der Waals surface area (Å²) < 4.78 is 0. The van der Waals surface area contributed by atoms with Crippen LogP contribution in [-0.4, -0.2) is 19.0 Å². The quantitative estimate of drug-likeness (QED) is 0.783. The molecule has 0 saturated carbocycles. The molecule has 2 aromatic carbocycles. The van der Waals surface area contributed by atoms with Crippen LogP contribution in [-0.2, 0) is 4.79 Å². The van der Waals surface area contributed by atoms with Gasteiger partial charge in [-0.05, 0) is 55.1 Å². The Hall–Kier alpha value is -1.55. The largest absolute Gasteiger partial charge is 0.345 e. The molecule has 1 fully saturated rings. The normalized spacial score (nSPS) is 17.6. The molecule has 1 aliphatic rings. The molecule has 134 valence electrons. The van der Waals surface area contributed by atoms with Crippen LogP contribution < -0.4 is 10.6 Å². The van der Waals surface area contributed by atoms with Gasteiger partial charge in [0.2, 0.25) is 5.91 Å². The lowest BCUT2D eigenvalue weighted by Gasteiger charge is -2.20. The first kappa shape index (κ1) is 19.8. The van der Waals surface area contributed by atoms with Crippen LogP contribution in [0.25, 0.3) is 0 Å². The Morgan fingerprint density at radius 3 is 2.44 bits per heavy atom. The molecular weight excluding hydrogens is 355 g/mol. The van der Waals surface area contributed by atoms with E-state index in [0.29, 0.717) is 17.4 Å². The van der Waals surface area contributed by atoms with Gasteiger partial charge in [0.25, 0.3) is 0 Å². The number of benzene rings is 2. The lowest BCUT2D eigenvalue weighted by Crippen LogP contribution is -2.29. The minimum Gasteiger partial charge on any atom is -0.345 e. The Bertz CT molecular complexity index is 655. The van der Waals surface area contributed by atoms with Crippen molar-refractivity contribution in [3.8, 4) is 0 Å². The van der Waals surface area contributed by atoms with E-state index in [-0.39, 0.29) is 24.4 Å². The van der Waals surface area contributed by atoms with E-state index >= 15 is 0 Å². The van der Waals surface area contributed by atoms with E-state index < -0.39 is 0 Å². The van der Waals surface area contributed by atoms with Gasteiger partial charge in [-0.15, -0.1) is 12.4 Å². The van der Waals surface area contributed by atoms with Crippen molar-refractivity contribution in [1.29, 1.82) is 0 Å². The molecule has 0 spiro atoms. The number of nitrogens with one attached hydrogen (secondary N) is 2. The Labute approximate surface area is 160 Å². The van der Waals surface area contributed by atoms with Crippen molar-refractivity contribution >= 4 is 29.9 Å². The van der Waals surface area contributed by atoms with E-state index in [1.165, 1.54) is 6.42 Å². The van der Waals surface area contributed by atoms with Crippen LogP contribution in [0, 0.1) is 5.92 Å². The molecule has 2 N–H and O–H groups in total. The van der Waals surface area contributed by atoms with E-state index in [1.807, 2.05) is 54.6 Å². The molecule has 5 heteroatoms. The Morgan fingerprint density at radius 2 is 1.80 bits per heavy atom. The van der Waals surface area contributed by atoms with Crippen LogP contribution in [0.4, 0.5) is 0 Å². The summed E-state index contributed by atoms with van der Waals surface area (Å²) in [5.41, 5.74) is 2.12. The third-order valence-corrected chi connectivity index (χ3v) is 4.84. The van der Waals surface area contributed by atoms with E-state index in [0.717, 1.165) is 30.6 Å². The predicted octanol–water partition coefficient (Wildman–Crippen LogP) is 4.36. The lowest BCUT2D eigenvalue weighted by molar-refractivity contribution is -0.121. The zero-order valence-electron chi connectivity index (χ0n) is 14.1. The van der Waals surface area contributed by atoms with Crippen molar-refractivity contribution in [2.24, 2.45) is 5.92 Å². The Kier molecular flexibility index (Phi) is 7.76. The number of amides is 1. The molecule has 2 atom stereocenters. The first-order chi connectivity index (χ1) is 11.7. The first-order valence-corrected chi connectivity index (χ1v) is 8.90. The highest BCUT2D eigenvalue weighted by molar-refractivity contribution is 6.30. The van der Waals surface area contributed by atoms with Crippen molar-refractivity contribution in [2.75, 3.05) is 13.1 Å². The third kappa shape index (κ3) is 5.74. The third-order valence-electron chi connectivity index (χ3n) is 4.58. The monoisotopic (exact) mass is 378 g/mol. The summed E-state index contributed by atoms with van der Waals surface area (Å²) in [6.45, 7) is 2.11. The maximum Gasteiger partial charge on any atom is 0.220 e. The highest BCUT2D eigenvalue weighted by Crippen LogP contribution is 2.24. The van der Waals surface area contributed by atoms with Gasteiger partial charge in [-0.2, -0.15) is 0 Å². The van der Waals surface area contributed by atoms with Gasteiger partial charge < -0.3 is 10.6 Å². The molecule has 1 amide bonds. The topological polar surface area (TPSA) is 41.1 Å². The predicted molar refractivity (Wildman–Crippen MR) is 105 cm³/mol. The van der Waals surface area contributed by atoms with Crippen LogP contribution in [0.2, 0.25) is 5.02 Å². The summed E-state index contributed by atoms with van der Waals surface area (Å²) in [6, 6.07) is 17.6. The second-order valence-corrected chi connectivity index (χ2v) is 6.80. The molecule has 0 bridgehead atoms. The average molecular weight is 379 g/mol. The van der Waals surface area contributed by atoms with E-state index in [1.54, 1.807) is 0 Å². The molecule has 1 heterocycles. The van der Waals surface area contributed by atoms with Gasteiger partial charge in [-0.3, -0.25) is 4.79 Å². The molecule has 1 aliphatic heterocycles. The number of rotatable bonds is 6. The van der Waals surface area contributed by atoms with Crippen molar-refractivity contribution in [1.82, 2.24) is 10.6 Å². The summed E-state index contributed by atoms with van der Waals surface area (Å²) in [5.74, 6) is 0.729. The van der Waals surface area contributed by atoms with Gasteiger partial charge in [0.1, 0.15) is 0 Å².